The van der Waals surface area contributed by atoms with Crippen molar-refractivity contribution in [2.45, 2.75) is 57.9 Å². The van der Waals surface area contributed by atoms with Gasteiger partial charge >= 0.3 is 0 Å². The predicted octanol–water partition coefficient (Wildman–Crippen LogP) is 3.96. The fourth-order valence-corrected chi connectivity index (χ4v) is 3.34. The highest BCUT2D eigenvalue weighted by molar-refractivity contribution is 5.94. The maximum Gasteiger partial charge on any atom is 0.251 e. The van der Waals surface area contributed by atoms with Crippen LogP contribution in [0.15, 0.2) is 18.2 Å². The van der Waals surface area contributed by atoms with E-state index in [2.05, 4.69) is 18.2 Å². The Hall–Kier alpha value is -1.95. The largest absolute Gasteiger partial charge is 0.496 e. The van der Waals surface area contributed by atoms with Crippen molar-refractivity contribution in [2.75, 3.05) is 7.11 Å². The molecule has 1 aromatic carbocycles. The summed E-state index contributed by atoms with van der Waals surface area (Å²) in [6, 6.07) is 5.83. The highest BCUT2D eigenvalue weighted by Gasteiger charge is 2.22. The first kappa shape index (κ1) is 17.4. The van der Waals surface area contributed by atoms with Gasteiger partial charge in [-0.15, -0.1) is 12.3 Å². The molecule has 1 fully saturated rings. The molecule has 1 N–H and O–H groups in total. The van der Waals surface area contributed by atoms with Gasteiger partial charge in [0.2, 0.25) is 0 Å². The summed E-state index contributed by atoms with van der Waals surface area (Å²) in [4.78, 5) is 12.5. The quantitative estimate of drug-likeness (QED) is 0.807. The van der Waals surface area contributed by atoms with Crippen molar-refractivity contribution in [1.29, 1.82) is 0 Å². The Kier molecular flexibility index (Phi) is 6.52. The zero-order valence-corrected chi connectivity index (χ0v) is 14.2. The summed E-state index contributed by atoms with van der Waals surface area (Å²) in [5.74, 6) is 3.95. The molecule has 1 saturated carbocycles. The van der Waals surface area contributed by atoms with Crippen molar-refractivity contribution in [1.82, 2.24) is 5.32 Å². The predicted molar refractivity (Wildman–Crippen MR) is 93.7 cm³/mol. The van der Waals surface area contributed by atoms with Gasteiger partial charge in [-0.05, 0) is 49.8 Å². The number of carbonyl (C=O) groups excluding carboxylic acids is 1. The highest BCUT2D eigenvalue weighted by atomic mass is 16.5. The minimum atomic E-state index is -0.0233. The minimum Gasteiger partial charge on any atom is -0.496 e. The number of amides is 1. The Balaban J connectivity index is 2.02. The van der Waals surface area contributed by atoms with Gasteiger partial charge in [-0.2, -0.15) is 0 Å². The molecule has 1 aliphatic carbocycles. The van der Waals surface area contributed by atoms with Gasteiger partial charge in [0.05, 0.1) is 7.11 Å². The molecule has 1 aliphatic rings. The zero-order valence-electron chi connectivity index (χ0n) is 14.2. The van der Waals surface area contributed by atoms with Gasteiger partial charge < -0.3 is 10.1 Å². The van der Waals surface area contributed by atoms with E-state index < -0.39 is 0 Å². The summed E-state index contributed by atoms with van der Waals surface area (Å²) in [5.41, 5.74) is 1.69. The number of rotatable bonds is 6. The van der Waals surface area contributed by atoms with Crippen LogP contribution < -0.4 is 10.1 Å². The second-order valence-corrected chi connectivity index (χ2v) is 6.39. The van der Waals surface area contributed by atoms with E-state index in [9.17, 15) is 4.79 Å². The van der Waals surface area contributed by atoms with Crippen LogP contribution in [0.1, 0.15) is 61.4 Å². The Morgan fingerprint density at radius 3 is 2.78 bits per heavy atom. The topological polar surface area (TPSA) is 38.3 Å². The molecule has 3 nitrogen and oxygen atoms in total. The Labute approximate surface area is 139 Å². The van der Waals surface area contributed by atoms with E-state index >= 15 is 0 Å². The fraction of sp³-hybridized carbons (Fsp3) is 0.550. The third kappa shape index (κ3) is 4.76. The van der Waals surface area contributed by atoms with Crippen LogP contribution in [-0.4, -0.2) is 19.1 Å². The summed E-state index contributed by atoms with van der Waals surface area (Å²) in [6.45, 7) is 2.12. The number of terminal acetylenes is 1. The molecule has 124 valence electrons. The van der Waals surface area contributed by atoms with Crippen LogP contribution in [0.3, 0.4) is 0 Å². The SMILES string of the molecule is C#CCCc1ccc(C(=O)NC(C)C2CCCCC2)cc1OC. The summed E-state index contributed by atoms with van der Waals surface area (Å²) in [7, 11) is 1.63. The maximum atomic E-state index is 12.5. The van der Waals surface area contributed by atoms with Gasteiger partial charge in [0.1, 0.15) is 5.75 Å². The number of hydrogen-bond donors (Lipinski definition) is 1. The van der Waals surface area contributed by atoms with Crippen LogP contribution in [0.5, 0.6) is 5.75 Å². The number of ether oxygens (including phenoxy) is 1. The molecular weight excluding hydrogens is 286 g/mol. The molecule has 0 aromatic heterocycles. The van der Waals surface area contributed by atoms with Gasteiger partial charge in [0.25, 0.3) is 5.91 Å². The molecule has 23 heavy (non-hydrogen) atoms. The van der Waals surface area contributed by atoms with E-state index in [1.165, 1.54) is 32.1 Å². The smallest absolute Gasteiger partial charge is 0.251 e. The van der Waals surface area contributed by atoms with E-state index in [1.807, 2.05) is 18.2 Å². The van der Waals surface area contributed by atoms with Crippen molar-refractivity contribution in [3.05, 3.63) is 29.3 Å². The van der Waals surface area contributed by atoms with Crippen molar-refractivity contribution in [3.63, 3.8) is 0 Å². The van der Waals surface area contributed by atoms with E-state index in [0.29, 0.717) is 17.9 Å². The number of carbonyl (C=O) groups is 1. The summed E-state index contributed by atoms with van der Waals surface area (Å²) in [5, 5.41) is 3.15. The van der Waals surface area contributed by atoms with Crippen molar-refractivity contribution in [3.8, 4) is 18.1 Å². The van der Waals surface area contributed by atoms with Crippen LogP contribution in [0.25, 0.3) is 0 Å². The highest BCUT2D eigenvalue weighted by Crippen LogP contribution is 2.27. The lowest BCUT2D eigenvalue weighted by molar-refractivity contribution is 0.0919. The average molecular weight is 313 g/mol. The van der Waals surface area contributed by atoms with Crippen molar-refractivity contribution >= 4 is 5.91 Å². The van der Waals surface area contributed by atoms with E-state index in [1.54, 1.807) is 7.11 Å². The van der Waals surface area contributed by atoms with Crippen LogP contribution in [0.2, 0.25) is 0 Å². The monoisotopic (exact) mass is 313 g/mol. The fourth-order valence-electron chi connectivity index (χ4n) is 3.34. The zero-order chi connectivity index (χ0) is 16.7. The Morgan fingerprint density at radius 2 is 2.13 bits per heavy atom. The standard InChI is InChI=1S/C20H27NO2/c1-4-5-9-17-12-13-18(14-19(17)23-3)20(22)21-15(2)16-10-7-6-8-11-16/h1,12-16H,5-11H2,2-3H3,(H,21,22). The molecule has 2 rings (SSSR count). The third-order valence-corrected chi connectivity index (χ3v) is 4.80. The van der Waals surface area contributed by atoms with Crippen LogP contribution in [0, 0.1) is 18.3 Å². The molecule has 3 heteroatoms. The molecular formula is C20H27NO2. The minimum absolute atomic E-state index is 0.0233. The molecule has 0 aliphatic heterocycles. The molecule has 0 heterocycles. The maximum absolute atomic E-state index is 12.5. The molecule has 0 spiro atoms. The van der Waals surface area contributed by atoms with Gasteiger partial charge in [-0.25, -0.2) is 0 Å². The number of aryl methyl sites for hydroxylation is 1. The van der Waals surface area contributed by atoms with Gasteiger partial charge in [-0.3, -0.25) is 4.79 Å². The van der Waals surface area contributed by atoms with Gasteiger partial charge in [0, 0.05) is 18.0 Å². The van der Waals surface area contributed by atoms with Crippen LogP contribution in [0.4, 0.5) is 0 Å². The second-order valence-electron chi connectivity index (χ2n) is 6.39. The lowest BCUT2D eigenvalue weighted by Gasteiger charge is -2.28. The molecule has 0 bridgehead atoms. The first-order valence-electron chi connectivity index (χ1n) is 8.57. The second kappa shape index (κ2) is 8.62. The molecule has 1 atom stereocenters. The number of benzene rings is 1. The van der Waals surface area contributed by atoms with Gasteiger partial charge in [-0.1, -0.05) is 25.3 Å². The lowest BCUT2D eigenvalue weighted by atomic mass is 9.84. The number of methoxy groups -OCH3 is 1. The summed E-state index contributed by atoms with van der Waals surface area (Å²) >= 11 is 0. The molecule has 0 radical (unpaired) electrons. The molecule has 0 saturated heterocycles. The normalized spacial score (nSPS) is 16.4. The number of nitrogens with one attached hydrogen (secondary N) is 1. The average Bonchev–Trinajstić information content (AvgIpc) is 2.60. The van der Waals surface area contributed by atoms with E-state index in [0.717, 1.165) is 17.7 Å². The van der Waals surface area contributed by atoms with Crippen LogP contribution in [-0.2, 0) is 6.42 Å². The Bertz CT molecular complexity index is 567. The first-order chi connectivity index (χ1) is 11.2. The first-order valence-corrected chi connectivity index (χ1v) is 8.57. The number of hydrogen-bond acceptors (Lipinski definition) is 2. The summed E-state index contributed by atoms with van der Waals surface area (Å²) in [6.07, 6.45) is 13.1. The van der Waals surface area contributed by atoms with Crippen LogP contribution >= 0.6 is 0 Å². The molecule has 1 amide bonds. The van der Waals surface area contributed by atoms with E-state index in [-0.39, 0.29) is 11.9 Å². The van der Waals surface area contributed by atoms with Crippen molar-refractivity contribution in [2.24, 2.45) is 5.92 Å². The van der Waals surface area contributed by atoms with Crippen molar-refractivity contribution < 1.29 is 9.53 Å². The molecule has 1 unspecified atom stereocenters. The summed E-state index contributed by atoms with van der Waals surface area (Å²) < 4.78 is 5.41. The third-order valence-electron chi connectivity index (χ3n) is 4.80. The van der Waals surface area contributed by atoms with Gasteiger partial charge in [0.15, 0.2) is 0 Å². The lowest BCUT2D eigenvalue weighted by Crippen LogP contribution is -2.38. The molecule has 1 aromatic rings. The Morgan fingerprint density at radius 1 is 1.39 bits per heavy atom. The van der Waals surface area contributed by atoms with E-state index in [4.69, 9.17) is 11.2 Å².